The number of hydrogen-bond donors (Lipinski definition) is 1. The van der Waals surface area contributed by atoms with Crippen molar-refractivity contribution < 1.29 is 14.2 Å². The minimum absolute atomic E-state index is 0.0733. The maximum atomic E-state index is 6.14. The Morgan fingerprint density at radius 1 is 1.35 bits per heavy atom. The molecule has 0 spiro atoms. The molecular formula is C18H28N2O3. The van der Waals surface area contributed by atoms with Crippen molar-refractivity contribution in [3.63, 3.8) is 0 Å². The third-order valence-electron chi connectivity index (χ3n) is 4.60. The molecule has 0 radical (unpaired) electrons. The van der Waals surface area contributed by atoms with Gasteiger partial charge in [-0.15, -0.1) is 0 Å². The Morgan fingerprint density at radius 3 is 2.83 bits per heavy atom. The molecule has 0 aromatic carbocycles. The summed E-state index contributed by atoms with van der Waals surface area (Å²) < 4.78 is 17.3. The van der Waals surface area contributed by atoms with Gasteiger partial charge < -0.3 is 19.5 Å². The molecule has 23 heavy (non-hydrogen) atoms. The molecule has 0 aliphatic carbocycles. The summed E-state index contributed by atoms with van der Waals surface area (Å²) in [6, 6.07) is 4.37. The van der Waals surface area contributed by atoms with Crippen molar-refractivity contribution in [3.05, 3.63) is 23.9 Å². The van der Waals surface area contributed by atoms with E-state index >= 15 is 0 Å². The van der Waals surface area contributed by atoms with Gasteiger partial charge in [0.05, 0.1) is 24.4 Å². The van der Waals surface area contributed by atoms with Crippen molar-refractivity contribution in [1.29, 1.82) is 0 Å². The molecule has 0 amide bonds. The lowest BCUT2D eigenvalue weighted by molar-refractivity contribution is -0.0699. The van der Waals surface area contributed by atoms with Crippen LogP contribution in [0.1, 0.15) is 46.1 Å². The van der Waals surface area contributed by atoms with Gasteiger partial charge in [-0.3, -0.25) is 0 Å². The molecule has 3 rings (SSSR count). The number of aromatic nitrogens is 1. The smallest absolute Gasteiger partial charge is 0.213 e. The molecule has 3 heterocycles. The second-order valence-corrected chi connectivity index (χ2v) is 7.71. The van der Waals surface area contributed by atoms with Crippen molar-refractivity contribution >= 4 is 0 Å². The van der Waals surface area contributed by atoms with Crippen LogP contribution in [0.2, 0.25) is 0 Å². The van der Waals surface area contributed by atoms with Gasteiger partial charge in [0.1, 0.15) is 6.10 Å². The maximum absolute atomic E-state index is 6.14. The van der Waals surface area contributed by atoms with Gasteiger partial charge in [0.2, 0.25) is 5.88 Å². The summed E-state index contributed by atoms with van der Waals surface area (Å²) in [7, 11) is 0. The first-order chi connectivity index (χ1) is 10.8. The predicted molar refractivity (Wildman–Crippen MR) is 88.6 cm³/mol. The van der Waals surface area contributed by atoms with Crippen LogP contribution in [0.3, 0.4) is 0 Å². The minimum atomic E-state index is -0.156. The zero-order chi connectivity index (χ0) is 16.5. The number of nitrogens with one attached hydrogen (secondary N) is 1. The second-order valence-electron chi connectivity index (χ2n) is 7.71. The van der Waals surface area contributed by atoms with E-state index in [-0.39, 0.29) is 17.3 Å². The van der Waals surface area contributed by atoms with Crippen LogP contribution in [-0.4, -0.2) is 41.5 Å². The largest absolute Gasteiger partial charge is 0.472 e. The molecule has 2 fully saturated rings. The third-order valence-corrected chi connectivity index (χ3v) is 4.60. The molecule has 2 atom stereocenters. The van der Waals surface area contributed by atoms with Crippen LogP contribution in [0.25, 0.3) is 0 Å². The Labute approximate surface area is 138 Å². The van der Waals surface area contributed by atoms with E-state index < -0.39 is 0 Å². The molecule has 128 valence electrons. The molecule has 0 saturated carbocycles. The average molecular weight is 320 g/mol. The fraction of sp³-hybridized carbons (Fsp3) is 0.722. The van der Waals surface area contributed by atoms with E-state index in [1.807, 2.05) is 18.3 Å². The Morgan fingerprint density at radius 2 is 2.17 bits per heavy atom. The zero-order valence-electron chi connectivity index (χ0n) is 14.6. The van der Waals surface area contributed by atoms with Gasteiger partial charge in [-0.25, -0.2) is 4.98 Å². The fourth-order valence-corrected chi connectivity index (χ4v) is 3.52. The molecule has 1 N–H and O–H groups in total. The Kier molecular flexibility index (Phi) is 4.63. The lowest BCUT2D eigenvalue weighted by Crippen LogP contribution is -2.42. The van der Waals surface area contributed by atoms with Crippen molar-refractivity contribution in [2.75, 3.05) is 13.2 Å². The van der Waals surface area contributed by atoms with Crippen LogP contribution in [0, 0.1) is 0 Å². The normalized spacial score (nSPS) is 28.9. The van der Waals surface area contributed by atoms with Gasteiger partial charge in [-0.2, -0.15) is 0 Å². The zero-order valence-corrected chi connectivity index (χ0v) is 14.6. The summed E-state index contributed by atoms with van der Waals surface area (Å²) in [6.07, 6.45) is 3.89. The summed E-state index contributed by atoms with van der Waals surface area (Å²) in [5.41, 5.74) is 0.946. The van der Waals surface area contributed by atoms with Gasteiger partial charge in [0, 0.05) is 31.3 Å². The molecule has 0 unspecified atom stereocenters. The maximum Gasteiger partial charge on any atom is 0.213 e. The van der Waals surface area contributed by atoms with E-state index in [2.05, 4.69) is 38.0 Å². The summed E-state index contributed by atoms with van der Waals surface area (Å²) in [6.45, 7) is 10.8. The standard InChI is InChI=1S/C18H28N2O3/c1-17(2)10-15(18(3,4)23-17)20-11-13-5-7-19-16(9-13)22-14-6-8-21-12-14/h5,7,9,14-15,20H,6,8,10-12H2,1-4H3/t14-,15-/m1/s1. The SMILES string of the molecule is CC1(C)C[C@@H](NCc2ccnc(O[C@@H]3CCOC3)c2)C(C)(C)O1. The number of ether oxygens (including phenoxy) is 3. The highest BCUT2D eigenvalue weighted by molar-refractivity contribution is 5.21. The van der Waals surface area contributed by atoms with Gasteiger partial charge >= 0.3 is 0 Å². The lowest BCUT2D eigenvalue weighted by atomic mass is 9.94. The average Bonchev–Trinajstić information content (AvgIpc) is 3.02. The van der Waals surface area contributed by atoms with Crippen LogP contribution in [-0.2, 0) is 16.0 Å². The highest BCUT2D eigenvalue weighted by atomic mass is 16.5. The van der Waals surface area contributed by atoms with Crippen molar-refractivity contribution in [2.24, 2.45) is 0 Å². The van der Waals surface area contributed by atoms with E-state index in [9.17, 15) is 0 Å². The molecule has 1 aromatic heterocycles. The van der Waals surface area contributed by atoms with Crippen LogP contribution in [0.15, 0.2) is 18.3 Å². The molecule has 0 bridgehead atoms. The molecule has 5 nitrogen and oxygen atoms in total. The van der Waals surface area contributed by atoms with E-state index in [4.69, 9.17) is 14.2 Å². The summed E-state index contributed by atoms with van der Waals surface area (Å²) in [5.74, 6) is 0.682. The molecule has 2 saturated heterocycles. The Bertz CT molecular complexity index is 539. The molecule has 5 heteroatoms. The van der Waals surface area contributed by atoms with Gasteiger partial charge in [0.15, 0.2) is 0 Å². The first-order valence-electron chi connectivity index (χ1n) is 8.47. The van der Waals surface area contributed by atoms with Gasteiger partial charge in [-0.05, 0) is 45.7 Å². The third kappa shape index (κ3) is 4.22. The van der Waals surface area contributed by atoms with E-state index in [1.165, 1.54) is 5.56 Å². The van der Waals surface area contributed by atoms with Crippen LogP contribution < -0.4 is 10.1 Å². The molecule has 2 aliphatic rings. The summed E-state index contributed by atoms with van der Waals surface area (Å²) in [5, 5.41) is 3.63. The number of rotatable bonds is 5. The van der Waals surface area contributed by atoms with Crippen molar-refractivity contribution in [2.45, 2.75) is 70.4 Å². The van der Waals surface area contributed by atoms with E-state index in [0.29, 0.717) is 18.5 Å². The molecule has 1 aromatic rings. The van der Waals surface area contributed by atoms with Crippen LogP contribution >= 0.6 is 0 Å². The van der Waals surface area contributed by atoms with Crippen molar-refractivity contribution in [1.82, 2.24) is 10.3 Å². The Balaban J connectivity index is 1.58. The van der Waals surface area contributed by atoms with E-state index in [1.54, 1.807) is 0 Å². The monoisotopic (exact) mass is 320 g/mol. The highest BCUT2D eigenvalue weighted by Crippen LogP contribution is 2.37. The Hall–Kier alpha value is -1.17. The van der Waals surface area contributed by atoms with Crippen LogP contribution in [0.5, 0.6) is 5.88 Å². The topological polar surface area (TPSA) is 52.6 Å². The highest BCUT2D eigenvalue weighted by Gasteiger charge is 2.45. The molecular weight excluding hydrogens is 292 g/mol. The first-order valence-corrected chi connectivity index (χ1v) is 8.47. The second kappa shape index (κ2) is 6.38. The summed E-state index contributed by atoms with van der Waals surface area (Å²) >= 11 is 0. The quantitative estimate of drug-likeness (QED) is 0.904. The first kappa shape index (κ1) is 16.7. The number of hydrogen-bond acceptors (Lipinski definition) is 5. The summed E-state index contributed by atoms with van der Waals surface area (Å²) in [4.78, 5) is 4.30. The van der Waals surface area contributed by atoms with Crippen LogP contribution in [0.4, 0.5) is 0 Å². The predicted octanol–water partition coefficient (Wildman–Crippen LogP) is 2.69. The lowest BCUT2D eigenvalue weighted by Gasteiger charge is -2.28. The van der Waals surface area contributed by atoms with Gasteiger partial charge in [0.25, 0.3) is 0 Å². The van der Waals surface area contributed by atoms with Gasteiger partial charge in [-0.1, -0.05) is 0 Å². The fourth-order valence-electron chi connectivity index (χ4n) is 3.52. The number of nitrogens with zero attached hydrogens (tertiary/aromatic N) is 1. The van der Waals surface area contributed by atoms with Crippen molar-refractivity contribution in [3.8, 4) is 5.88 Å². The minimum Gasteiger partial charge on any atom is -0.472 e. The molecule has 2 aliphatic heterocycles. The number of pyridine rings is 1. The van der Waals surface area contributed by atoms with E-state index in [0.717, 1.165) is 26.0 Å².